The molecule has 1 aromatic heterocycles. The summed E-state index contributed by atoms with van der Waals surface area (Å²) in [5, 5.41) is 39.9. The smallest absolute Gasteiger partial charge is 0.345 e. The molecule has 1 fully saturated rings. The summed E-state index contributed by atoms with van der Waals surface area (Å²) < 4.78 is 11.2. The molecule has 0 aliphatic carbocycles. The summed E-state index contributed by atoms with van der Waals surface area (Å²) in [6.45, 7) is 2.73. The van der Waals surface area contributed by atoms with Crippen molar-refractivity contribution < 1.29 is 30.0 Å². The Balaban J connectivity index is 1.69. The molecule has 29 heavy (non-hydrogen) atoms. The molecule has 11 heteroatoms. The fourth-order valence-electron chi connectivity index (χ4n) is 3.13. The molecule has 1 aliphatic heterocycles. The van der Waals surface area contributed by atoms with E-state index in [0.29, 0.717) is 48.4 Å². The third-order valence-electron chi connectivity index (χ3n) is 4.57. The van der Waals surface area contributed by atoms with Crippen molar-refractivity contribution in [3.05, 3.63) is 30.0 Å². The summed E-state index contributed by atoms with van der Waals surface area (Å²) in [5.74, 6) is 1.61. The van der Waals surface area contributed by atoms with Crippen molar-refractivity contribution in [1.29, 1.82) is 0 Å². The highest BCUT2D eigenvalue weighted by Gasteiger charge is 2.36. The molecule has 3 rings (SSSR count). The number of methoxy groups -OCH3 is 1. The molecule has 0 amide bonds. The van der Waals surface area contributed by atoms with E-state index in [9.17, 15) is 15.3 Å². The molecule has 0 saturated carbocycles. The number of hydrogen-bond donors (Lipinski definition) is 6. The Kier molecular flexibility index (Phi) is 6.35. The van der Waals surface area contributed by atoms with Crippen LogP contribution in [0.15, 0.2) is 24.3 Å². The lowest BCUT2D eigenvalue weighted by atomic mass is 10.1. The van der Waals surface area contributed by atoms with Crippen LogP contribution >= 0.6 is 0 Å². The van der Waals surface area contributed by atoms with E-state index in [4.69, 9.17) is 14.7 Å². The first-order valence-corrected chi connectivity index (χ1v) is 9.04. The van der Waals surface area contributed by atoms with Crippen LogP contribution in [0.2, 0.25) is 0 Å². The Labute approximate surface area is 167 Å². The van der Waals surface area contributed by atoms with E-state index in [0.717, 1.165) is 4.90 Å². The predicted molar refractivity (Wildman–Crippen MR) is 103 cm³/mol. The third-order valence-corrected chi connectivity index (χ3v) is 4.57. The summed E-state index contributed by atoms with van der Waals surface area (Å²) in [5.41, 5.74) is 3.32. The second kappa shape index (κ2) is 8.76. The Bertz CT molecular complexity index is 844. The molecule has 1 saturated heterocycles. The van der Waals surface area contributed by atoms with E-state index in [1.54, 1.807) is 31.2 Å². The fourth-order valence-corrected chi connectivity index (χ4v) is 3.13. The van der Waals surface area contributed by atoms with Gasteiger partial charge in [0.15, 0.2) is 17.3 Å². The van der Waals surface area contributed by atoms with Crippen LogP contribution in [-0.4, -0.2) is 68.3 Å². The number of aryl methyl sites for hydroxylation is 1. The lowest BCUT2D eigenvalue weighted by molar-refractivity contribution is -0.389. The van der Waals surface area contributed by atoms with E-state index >= 15 is 0 Å². The van der Waals surface area contributed by atoms with Crippen molar-refractivity contribution in [3.63, 3.8) is 0 Å². The Morgan fingerprint density at radius 1 is 1.21 bits per heavy atom. The Hall–Kier alpha value is -2.70. The largest absolute Gasteiger partial charge is 0.493 e. The Morgan fingerprint density at radius 2 is 2.00 bits per heavy atom. The van der Waals surface area contributed by atoms with Crippen LogP contribution in [0.25, 0.3) is 0 Å². The maximum absolute atomic E-state index is 9.27. The van der Waals surface area contributed by atoms with Crippen molar-refractivity contribution >= 4 is 17.5 Å². The number of hydrogen-bond acceptors (Lipinski definition) is 11. The normalized spacial score (nSPS) is 17.2. The summed E-state index contributed by atoms with van der Waals surface area (Å²) >= 11 is 0. The van der Waals surface area contributed by atoms with E-state index in [1.807, 2.05) is 5.48 Å². The molecule has 0 spiro atoms. The maximum Gasteiger partial charge on any atom is 0.345 e. The number of aromatic nitrogens is 2. The molecule has 2 heterocycles. The lowest BCUT2D eigenvalue weighted by Crippen LogP contribution is -2.47. The van der Waals surface area contributed by atoms with Gasteiger partial charge in [-0.15, -0.1) is 0 Å². The van der Waals surface area contributed by atoms with Crippen LogP contribution < -0.4 is 20.3 Å². The van der Waals surface area contributed by atoms with Gasteiger partial charge in [0.1, 0.15) is 0 Å². The van der Waals surface area contributed by atoms with Gasteiger partial charge in [0.25, 0.3) is 0 Å². The molecule has 6 N–H and O–H groups in total. The average molecular weight is 407 g/mol. The van der Waals surface area contributed by atoms with Gasteiger partial charge in [0, 0.05) is 42.5 Å². The summed E-state index contributed by atoms with van der Waals surface area (Å²) in [7, 11) is 1.53. The standard InChI is InChI=1S/C18H25N5O6/c1-11-7-16(22-27)21-17(19-11)20-13-3-4-14(28-2)15(8-13)29-10-12-5-6-23(9-12)18(24,25)26/h3-4,7-8,12,24-27H,5-6,9-10H2,1-2H3,(H2,19,20,21,22)/t12-/m1/s1. The minimum absolute atomic E-state index is 0.0143. The van der Waals surface area contributed by atoms with Gasteiger partial charge >= 0.3 is 6.10 Å². The van der Waals surface area contributed by atoms with E-state index in [-0.39, 0.29) is 18.3 Å². The van der Waals surface area contributed by atoms with Crippen molar-refractivity contribution in [2.45, 2.75) is 19.4 Å². The van der Waals surface area contributed by atoms with Gasteiger partial charge < -0.3 is 30.1 Å². The molecule has 1 aliphatic rings. The minimum atomic E-state index is -2.81. The first-order valence-electron chi connectivity index (χ1n) is 9.04. The number of rotatable bonds is 8. The molecule has 11 nitrogen and oxygen atoms in total. The molecule has 0 radical (unpaired) electrons. The van der Waals surface area contributed by atoms with Gasteiger partial charge in [0.2, 0.25) is 5.95 Å². The first-order chi connectivity index (χ1) is 13.8. The lowest BCUT2D eigenvalue weighted by Gasteiger charge is -2.25. The third kappa shape index (κ3) is 5.43. The highest BCUT2D eigenvalue weighted by atomic mass is 16.7. The number of nitrogens with one attached hydrogen (secondary N) is 2. The summed E-state index contributed by atoms with van der Waals surface area (Å²) in [6, 6.07) is 6.84. The first kappa shape index (κ1) is 21.0. The number of nitrogens with zero attached hydrogens (tertiary/aromatic N) is 3. The summed E-state index contributed by atoms with van der Waals surface area (Å²) in [6.07, 6.45) is -2.16. The van der Waals surface area contributed by atoms with Crippen LogP contribution in [-0.2, 0) is 0 Å². The number of aliphatic hydroxyl groups is 3. The Morgan fingerprint density at radius 3 is 2.66 bits per heavy atom. The van der Waals surface area contributed by atoms with E-state index < -0.39 is 6.10 Å². The number of benzene rings is 1. The van der Waals surface area contributed by atoms with Gasteiger partial charge in [-0.3, -0.25) is 10.7 Å². The van der Waals surface area contributed by atoms with Crippen LogP contribution in [0.5, 0.6) is 11.5 Å². The van der Waals surface area contributed by atoms with Crippen molar-refractivity contribution in [1.82, 2.24) is 14.9 Å². The molecule has 0 unspecified atom stereocenters. The zero-order valence-corrected chi connectivity index (χ0v) is 16.2. The molecule has 158 valence electrons. The number of ether oxygens (including phenoxy) is 2. The molecular weight excluding hydrogens is 382 g/mol. The predicted octanol–water partition coefficient (Wildman–Crippen LogP) is 0.627. The van der Waals surface area contributed by atoms with E-state index in [2.05, 4.69) is 15.3 Å². The molecule has 2 aromatic rings. The second-order valence-corrected chi connectivity index (χ2v) is 6.83. The van der Waals surface area contributed by atoms with Gasteiger partial charge in [-0.1, -0.05) is 0 Å². The van der Waals surface area contributed by atoms with Gasteiger partial charge in [0.05, 0.1) is 13.7 Å². The summed E-state index contributed by atoms with van der Waals surface area (Å²) in [4.78, 5) is 9.56. The zero-order chi connectivity index (χ0) is 21.0. The topological polar surface area (TPSA) is 152 Å². The van der Waals surface area contributed by atoms with Gasteiger partial charge in [-0.05, 0) is 25.5 Å². The molecule has 0 bridgehead atoms. The zero-order valence-electron chi connectivity index (χ0n) is 16.2. The maximum atomic E-state index is 9.27. The second-order valence-electron chi connectivity index (χ2n) is 6.83. The number of likely N-dealkylation sites (tertiary alicyclic amines) is 1. The van der Waals surface area contributed by atoms with Crippen molar-refractivity contribution in [2.75, 3.05) is 37.6 Å². The molecule has 1 aromatic carbocycles. The quantitative estimate of drug-likeness (QED) is 0.270. The number of anilines is 3. The van der Waals surface area contributed by atoms with Crippen molar-refractivity contribution in [2.24, 2.45) is 5.92 Å². The highest BCUT2D eigenvalue weighted by Crippen LogP contribution is 2.32. The van der Waals surface area contributed by atoms with E-state index in [1.165, 1.54) is 7.11 Å². The van der Waals surface area contributed by atoms with Crippen LogP contribution in [0.3, 0.4) is 0 Å². The average Bonchev–Trinajstić information content (AvgIpc) is 3.15. The monoisotopic (exact) mass is 407 g/mol. The SMILES string of the molecule is COc1ccc(Nc2nc(C)cc(NO)n2)cc1OC[C@@H]1CCN(C(O)(O)O)C1. The molecule has 1 atom stereocenters. The van der Waals surface area contributed by atoms with Crippen LogP contribution in [0.4, 0.5) is 17.5 Å². The van der Waals surface area contributed by atoms with Gasteiger partial charge in [-0.2, -0.15) is 4.98 Å². The van der Waals surface area contributed by atoms with Crippen molar-refractivity contribution in [3.8, 4) is 11.5 Å². The highest BCUT2D eigenvalue weighted by molar-refractivity contribution is 5.60. The molecular formula is C18H25N5O6. The van der Waals surface area contributed by atoms with Gasteiger partial charge in [-0.25, -0.2) is 9.88 Å². The van der Waals surface area contributed by atoms with Crippen LogP contribution in [0.1, 0.15) is 12.1 Å². The fraction of sp³-hybridized carbons (Fsp3) is 0.444. The minimum Gasteiger partial charge on any atom is -0.493 e. The van der Waals surface area contributed by atoms with Crippen LogP contribution in [0, 0.1) is 12.8 Å².